The zero-order valence-electron chi connectivity index (χ0n) is 23.7. The molecular weight excluding hydrogens is 552 g/mol. The number of aromatic nitrogens is 1. The van der Waals surface area contributed by atoms with E-state index in [4.69, 9.17) is 18.7 Å². The number of amides is 3. The lowest BCUT2D eigenvalue weighted by atomic mass is 10.1. The lowest BCUT2D eigenvalue weighted by Crippen LogP contribution is -2.45. The number of ether oxygens (including phenoxy) is 3. The number of fused-ring (bicyclic) bond motifs is 7. The Hall–Kier alpha value is -5.32. The van der Waals surface area contributed by atoms with Gasteiger partial charge in [0, 0.05) is 24.2 Å². The van der Waals surface area contributed by atoms with Crippen molar-refractivity contribution in [1.29, 1.82) is 0 Å². The monoisotopic (exact) mass is 582 g/mol. The van der Waals surface area contributed by atoms with Crippen molar-refractivity contribution in [3.8, 4) is 28.5 Å². The summed E-state index contributed by atoms with van der Waals surface area (Å²) in [5.74, 6) is 0.634. The second-order valence-corrected chi connectivity index (χ2v) is 10.3. The van der Waals surface area contributed by atoms with Crippen LogP contribution in [0.1, 0.15) is 32.0 Å². The van der Waals surface area contributed by atoms with Crippen molar-refractivity contribution in [2.75, 3.05) is 26.8 Å². The van der Waals surface area contributed by atoms with Crippen LogP contribution in [0.3, 0.4) is 0 Å². The number of nitrogens with zero attached hydrogens (tertiary/aromatic N) is 2. The normalized spacial score (nSPS) is 18.5. The molecule has 1 fully saturated rings. The smallest absolute Gasteiger partial charge is 0.259 e. The quantitative estimate of drug-likeness (QED) is 0.376. The van der Waals surface area contributed by atoms with Gasteiger partial charge >= 0.3 is 0 Å². The summed E-state index contributed by atoms with van der Waals surface area (Å²) >= 11 is 0. The van der Waals surface area contributed by atoms with Crippen LogP contribution in [0.2, 0.25) is 0 Å². The summed E-state index contributed by atoms with van der Waals surface area (Å²) in [4.78, 5) is 41.4. The maximum absolute atomic E-state index is 13.9. The highest BCUT2D eigenvalue weighted by Crippen LogP contribution is 2.30. The van der Waals surface area contributed by atoms with Crippen molar-refractivity contribution in [2.24, 2.45) is 0 Å². The average Bonchev–Trinajstić information content (AvgIpc) is 3.62. The first kappa shape index (κ1) is 27.8. The van der Waals surface area contributed by atoms with Crippen LogP contribution in [0.25, 0.3) is 11.3 Å². The van der Waals surface area contributed by atoms with Crippen molar-refractivity contribution >= 4 is 17.7 Å². The van der Waals surface area contributed by atoms with Crippen LogP contribution in [0.15, 0.2) is 77.3 Å². The second-order valence-electron chi connectivity index (χ2n) is 10.3. The summed E-state index contributed by atoms with van der Waals surface area (Å²) in [7, 11) is 1.48. The van der Waals surface area contributed by atoms with Crippen LogP contribution in [0.4, 0.5) is 0 Å². The Morgan fingerprint density at radius 1 is 1.00 bits per heavy atom. The van der Waals surface area contributed by atoms with Gasteiger partial charge in [-0.2, -0.15) is 0 Å². The highest BCUT2D eigenvalue weighted by Gasteiger charge is 2.40. The molecule has 3 aromatic carbocycles. The Morgan fingerprint density at radius 3 is 2.56 bits per heavy atom. The van der Waals surface area contributed by atoms with Crippen molar-refractivity contribution in [1.82, 2.24) is 20.7 Å². The third kappa shape index (κ3) is 5.87. The van der Waals surface area contributed by atoms with Gasteiger partial charge in [-0.3, -0.25) is 14.4 Å². The summed E-state index contributed by atoms with van der Waals surface area (Å²) in [5, 5.41) is 10.0. The Labute approximate surface area is 247 Å². The molecule has 11 nitrogen and oxygen atoms in total. The van der Waals surface area contributed by atoms with Gasteiger partial charge in [0.25, 0.3) is 17.7 Å². The zero-order valence-corrected chi connectivity index (χ0v) is 23.7. The molecule has 4 bridgehead atoms. The molecule has 0 spiro atoms. The summed E-state index contributed by atoms with van der Waals surface area (Å²) in [6.07, 6.45) is -0.552. The number of benzene rings is 3. The van der Waals surface area contributed by atoms with Crippen molar-refractivity contribution < 1.29 is 33.1 Å². The van der Waals surface area contributed by atoms with Crippen LogP contribution < -0.4 is 24.8 Å². The SMILES string of the molecule is COc1ccc2cc1OCC(=O)NCc1ccc(cc1)O[C@H]1CN(C(=O)c3c(-c4ccccc4)noc3C)C[C@@H]1NC2=O. The Bertz CT molecular complexity index is 1650. The molecule has 4 aromatic rings. The van der Waals surface area contributed by atoms with E-state index in [0.717, 1.165) is 11.1 Å². The minimum absolute atomic E-state index is 0.199. The Kier molecular flexibility index (Phi) is 7.69. The maximum Gasteiger partial charge on any atom is 0.259 e. The summed E-state index contributed by atoms with van der Waals surface area (Å²) in [6.45, 7) is 2.17. The fourth-order valence-corrected chi connectivity index (χ4v) is 5.21. The fraction of sp³-hybridized carbons (Fsp3) is 0.250. The molecule has 0 saturated carbocycles. The van der Waals surface area contributed by atoms with Gasteiger partial charge in [0.2, 0.25) is 0 Å². The number of carbonyl (C=O) groups is 3. The molecule has 3 aliphatic heterocycles. The third-order valence-corrected chi connectivity index (χ3v) is 7.48. The summed E-state index contributed by atoms with van der Waals surface area (Å²) < 4.78 is 22.9. The highest BCUT2D eigenvalue weighted by molar-refractivity contribution is 6.01. The molecular formula is C32H30N4O7. The van der Waals surface area contributed by atoms with E-state index in [0.29, 0.717) is 40.6 Å². The molecule has 220 valence electrons. The van der Waals surface area contributed by atoms with Crippen LogP contribution >= 0.6 is 0 Å². The molecule has 0 radical (unpaired) electrons. The van der Waals surface area contributed by atoms with Gasteiger partial charge in [0.15, 0.2) is 18.1 Å². The molecule has 1 saturated heterocycles. The van der Waals surface area contributed by atoms with E-state index in [1.165, 1.54) is 13.2 Å². The number of carbonyl (C=O) groups excluding carboxylic acids is 3. The van der Waals surface area contributed by atoms with Crippen molar-refractivity contribution in [2.45, 2.75) is 25.6 Å². The first-order chi connectivity index (χ1) is 20.9. The standard InChI is InChI=1S/C32H30N4O7/c1-19-29(30(35-43-19)21-6-4-3-5-7-21)32(39)36-16-24-27(17-36)42-23-11-8-20(9-12-23)15-33-28(37)18-41-26-14-22(31(38)34-24)10-13-25(26)40-2/h3-14,24,27H,15-18H2,1-2H3,(H,33,37)(H,34,38)/t24-,27-/m0/s1. The van der Waals surface area contributed by atoms with E-state index >= 15 is 0 Å². The number of rotatable bonds is 3. The minimum Gasteiger partial charge on any atom is -0.493 e. The summed E-state index contributed by atoms with van der Waals surface area (Å²) in [6, 6.07) is 20.9. The maximum atomic E-state index is 13.9. The Balaban J connectivity index is 1.31. The molecule has 4 heterocycles. The lowest BCUT2D eigenvalue weighted by molar-refractivity contribution is -0.123. The first-order valence-electron chi connectivity index (χ1n) is 13.8. The topological polar surface area (TPSA) is 132 Å². The van der Waals surface area contributed by atoms with E-state index in [2.05, 4.69) is 15.8 Å². The molecule has 2 atom stereocenters. The molecule has 11 heteroatoms. The van der Waals surface area contributed by atoms with Crippen LogP contribution in [-0.4, -0.2) is 66.7 Å². The van der Waals surface area contributed by atoms with Crippen molar-refractivity contribution in [3.63, 3.8) is 0 Å². The second kappa shape index (κ2) is 11.9. The number of methoxy groups -OCH3 is 1. The van der Waals surface area contributed by atoms with Gasteiger partial charge < -0.3 is 34.3 Å². The Morgan fingerprint density at radius 2 is 1.79 bits per heavy atom. The average molecular weight is 583 g/mol. The first-order valence-corrected chi connectivity index (χ1v) is 13.8. The number of hydrogen-bond donors (Lipinski definition) is 2. The fourth-order valence-electron chi connectivity index (χ4n) is 5.21. The predicted molar refractivity (Wildman–Crippen MR) is 155 cm³/mol. The molecule has 3 amide bonds. The van der Waals surface area contributed by atoms with Crippen LogP contribution in [0, 0.1) is 6.92 Å². The molecule has 7 rings (SSSR count). The number of hydrogen-bond acceptors (Lipinski definition) is 8. The highest BCUT2D eigenvalue weighted by atomic mass is 16.5. The molecule has 3 aliphatic rings. The van der Waals surface area contributed by atoms with E-state index < -0.39 is 18.1 Å². The minimum atomic E-state index is -0.552. The van der Waals surface area contributed by atoms with Crippen LogP contribution in [0.5, 0.6) is 17.2 Å². The molecule has 43 heavy (non-hydrogen) atoms. The van der Waals surface area contributed by atoms with Gasteiger partial charge in [-0.15, -0.1) is 0 Å². The van der Waals surface area contributed by atoms with E-state index in [-0.39, 0.29) is 37.3 Å². The number of likely N-dealkylation sites (tertiary alicyclic amines) is 1. The van der Waals surface area contributed by atoms with E-state index in [1.54, 1.807) is 36.1 Å². The predicted octanol–water partition coefficient (Wildman–Crippen LogP) is 3.37. The van der Waals surface area contributed by atoms with Gasteiger partial charge in [-0.05, 0) is 42.8 Å². The van der Waals surface area contributed by atoms with Gasteiger partial charge in [-0.25, -0.2) is 0 Å². The van der Waals surface area contributed by atoms with Crippen LogP contribution in [-0.2, 0) is 11.3 Å². The van der Waals surface area contributed by atoms with E-state index in [1.807, 2.05) is 42.5 Å². The number of nitrogens with one attached hydrogen (secondary N) is 2. The molecule has 0 aliphatic carbocycles. The van der Waals surface area contributed by atoms with Gasteiger partial charge in [0.1, 0.15) is 28.9 Å². The molecule has 2 N–H and O–H groups in total. The largest absolute Gasteiger partial charge is 0.493 e. The molecule has 0 unspecified atom stereocenters. The van der Waals surface area contributed by atoms with Gasteiger partial charge in [0.05, 0.1) is 19.7 Å². The van der Waals surface area contributed by atoms with Crippen molar-refractivity contribution in [3.05, 3.63) is 95.2 Å². The van der Waals surface area contributed by atoms with Gasteiger partial charge in [-0.1, -0.05) is 47.6 Å². The molecule has 1 aromatic heterocycles. The third-order valence-electron chi connectivity index (χ3n) is 7.48. The lowest BCUT2D eigenvalue weighted by Gasteiger charge is -2.21. The number of aryl methyl sites for hydroxylation is 1. The summed E-state index contributed by atoms with van der Waals surface area (Å²) in [5.41, 5.74) is 2.77. The van der Waals surface area contributed by atoms with E-state index in [9.17, 15) is 14.4 Å². The zero-order chi connectivity index (χ0) is 29.9.